The number of hydrogen-bond acceptors (Lipinski definition) is 5. The van der Waals surface area contributed by atoms with Crippen molar-refractivity contribution in [2.24, 2.45) is 5.14 Å². The molecule has 0 fully saturated rings. The second kappa shape index (κ2) is 8.58. The Balaban J connectivity index is 1.36. The molecule has 4 rings (SSSR count). The number of carbonyl (C=O) groups excluding carboxylic acids is 1. The van der Waals surface area contributed by atoms with Crippen molar-refractivity contribution in [2.45, 2.75) is 17.7 Å². The number of carbonyl (C=O) groups is 1. The highest BCUT2D eigenvalue weighted by Gasteiger charge is 2.13. The maximum Gasteiger partial charge on any atom is 0.238 e. The molecule has 0 aliphatic heterocycles. The Morgan fingerprint density at radius 2 is 1.84 bits per heavy atom. The molecular weight excluding hydrogens is 439 g/mol. The summed E-state index contributed by atoms with van der Waals surface area (Å²) in [5, 5.41) is 9.85. The van der Waals surface area contributed by atoms with Gasteiger partial charge in [-0.15, -0.1) is 11.3 Å². The predicted molar refractivity (Wildman–Crippen MR) is 117 cm³/mol. The fourth-order valence-corrected chi connectivity index (χ4v) is 4.52. The number of imidazole rings is 1. The summed E-state index contributed by atoms with van der Waals surface area (Å²) >= 11 is 1.44. The SMILES string of the molecule is NS(=O)(=O)c1ccc(CCNC(=O)Cc2csc3nc(-c4ccc(F)cc4)cn23)cc1. The molecule has 1 amide bonds. The first-order chi connectivity index (χ1) is 14.8. The molecule has 10 heteroatoms. The van der Waals surface area contributed by atoms with Gasteiger partial charge in [0.1, 0.15) is 5.82 Å². The van der Waals surface area contributed by atoms with Crippen molar-refractivity contribution in [2.75, 3.05) is 6.54 Å². The number of nitrogens with two attached hydrogens (primary N) is 1. The predicted octanol–water partition coefficient (Wildman–Crippen LogP) is 2.75. The number of halogens is 1. The maximum absolute atomic E-state index is 13.1. The highest BCUT2D eigenvalue weighted by Crippen LogP contribution is 2.24. The van der Waals surface area contributed by atoms with Gasteiger partial charge in [0, 0.05) is 29.4 Å². The van der Waals surface area contributed by atoms with E-state index in [-0.39, 0.29) is 23.0 Å². The third kappa shape index (κ3) is 4.98. The molecule has 2 aromatic carbocycles. The molecule has 0 radical (unpaired) electrons. The highest BCUT2D eigenvalue weighted by molar-refractivity contribution is 7.89. The normalized spacial score (nSPS) is 11.7. The van der Waals surface area contributed by atoms with Gasteiger partial charge in [-0.25, -0.2) is 22.9 Å². The Bertz CT molecular complexity index is 1330. The molecule has 4 aromatic rings. The molecule has 2 heterocycles. The molecule has 31 heavy (non-hydrogen) atoms. The van der Waals surface area contributed by atoms with Gasteiger partial charge in [0.15, 0.2) is 4.96 Å². The molecule has 160 valence electrons. The summed E-state index contributed by atoms with van der Waals surface area (Å²) in [4.78, 5) is 17.7. The van der Waals surface area contributed by atoms with E-state index in [1.54, 1.807) is 24.3 Å². The van der Waals surface area contributed by atoms with Crippen LogP contribution in [0.25, 0.3) is 16.2 Å². The van der Waals surface area contributed by atoms with Crippen molar-refractivity contribution >= 4 is 32.2 Å². The van der Waals surface area contributed by atoms with Gasteiger partial charge >= 0.3 is 0 Å². The molecule has 0 atom stereocenters. The molecule has 3 N–H and O–H groups in total. The summed E-state index contributed by atoms with van der Waals surface area (Å²) in [5.41, 5.74) is 3.23. The van der Waals surface area contributed by atoms with Crippen molar-refractivity contribution < 1.29 is 17.6 Å². The number of nitrogens with one attached hydrogen (secondary N) is 1. The zero-order chi connectivity index (χ0) is 22.0. The number of nitrogens with zero attached hydrogens (tertiary/aromatic N) is 2. The van der Waals surface area contributed by atoms with E-state index in [0.29, 0.717) is 13.0 Å². The lowest BCUT2D eigenvalue weighted by atomic mass is 10.1. The lowest BCUT2D eigenvalue weighted by molar-refractivity contribution is -0.120. The largest absolute Gasteiger partial charge is 0.355 e. The van der Waals surface area contributed by atoms with Crippen molar-refractivity contribution in [3.63, 3.8) is 0 Å². The van der Waals surface area contributed by atoms with Gasteiger partial charge in [0.05, 0.1) is 17.0 Å². The summed E-state index contributed by atoms with van der Waals surface area (Å²) in [6, 6.07) is 12.4. The van der Waals surface area contributed by atoms with E-state index in [2.05, 4.69) is 10.3 Å². The molecule has 0 bridgehead atoms. The smallest absolute Gasteiger partial charge is 0.238 e. The average Bonchev–Trinajstić information content (AvgIpc) is 3.30. The number of sulfonamides is 1. The van der Waals surface area contributed by atoms with Crippen LogP contribution in [-0.4, -0.2) is 30.3 Å². The summed E-state index contributed by atoms with van der Waals surface area (Å²) < 4.78 is 37.6. The molecular formula is C21H19FN4O3S2. The van der Waals surface area contributed by atoms with E-state index in [4.69, 9.17) is 5.14 Å². The molecule has 0 aliphatic rings. The zero-order valence-corrected chi connectivity index (χ0v) is 17.9. The second-order valence-corrected chi connectivity index (χ2v) is 9.38. The van der Waals surface area contributed by atoms with Crippen LogP contribution in [0.3, 0.4) is 0 Å². The van der Waals surface area contributed by atoms with Crippen LogP contribution in [0.15, 0.2) is 65.0 Å². The number of amides is 1. The first-order valence-corrected chi connectivity index (χ1v) is 11.8. The Morgan fingerprint density at radius 1 is 1.13 bits per heavy atom. The van der Waals surface area contributed by atoms with Gasteiger partial charge in [-0.2, -0.15) is 0 Å². The van der Waals surface area contributed by atoms with Gasteiger partial charge < -0.3 is 5.32 Å². The summed E-state index contributed by atoms with van der Waals surface area (Å²) in [6.07, 6.45) is 2.60. The minimum atomic E-state index is -3.71. The third-order valence-electron chi connectivity index (χ3n) is 4.75. The van der Waals surface area contributed by atoms with Crippen LogP contribution < -0.4 is 10.5 Å². The van der Waals surface area contributed by atoms with Crippen LogP contribution in [0, 0.1) is 5.82 Å². The number of benzene rings is 2. The molecule has 7 nitrogen and oxygen atoms in total. The standard InChI is InChI=1S/C21H19FN4O3S2/c22-16-5-3-15(4-6-16)19-12-26-17(13-30-21(26)25-19)11-20(27)24-10-9-14-1-7-18(8-2-14)31(23,28)29/h1-8,12-13H,9-11H2,(H,24,27)(H2,23,28,29). The molecule has 0 aliphatic carbocycles. The van der Waals surface area contributed by atoms with Crippen LogP contribution in [0.1, 0.15) is 11.3 Å². The minimum Gasteiger partial charge on any atom is -0.355 e. The van der Waals surface area contributed by atoms with E-state index < -0.39 is 10.0 Å². The average molecular weight is 459 g/mol. The van der Waals surface area contributed by atoms with Crippen molar-refractivity contribution in [1.82, 2.24) is 14.7 Å². The highest BCUT2D eigenvalue weighted by atomic mass is 32.2. The number of thiazole rings is 1. The quantitative estimate of drug-likeness (QED) is 0.444. The molecule has 0 unspecified atom stereocenters. The number of rotatable bonds is 7. The fourth-order valence-electron chi connectivity index (χ4n) is 3.14. The maximum atomic E-state index is 13.1. The van der Waals surface area contributed by atoms with Crippen LogP contribution in [0.5, 0.6) is 0 Å². The molecule has 0 spiro atoms. The number of aromatic nitrogens is 2. The van der Waals surface area contributed by atoms with Crippen LogP contribution in [0.4, 0.5) is 4.39 Å². The topological polar surface area (TPSA) is 107 Å². The van der Waals surface area contributed by atoms with Gasteiger partial charge in [-0.05, 0) is 48.4 Å². The van der Waals surface area contributed by atoms with Gasteiger partial charge in [0.25, 0.3) is 0 Å². The van der Waals surface area contributed by atoms with E-state index in [1.165, 1.54) is 35.6 Å². The minimum absolute atomic E-state index is 0.0575. The summed E-state index contributed by atoms with van der Waals surface area (Å²) in [5.74, 6) is -0.430. The van der Waals surface area contributed by atoms with Crippen LogP contribution in [0.2, 0.25) is 0 Å². The van der Waals surface area contributed by atoms with Crippen molar-refractivity contribution in [3.05, 3.63) is 77.2 Å². The van der Waals surface area contributed by atoms with E-state index >= 15 is 0 Å². The Hall–Kier alpha value is -3.08. The van der Waals surface area contributed by atoms with Gasteiger partial charge in [0.2, 0.25) is 15.9 Å². The number of hydrogen-bond donors (Lipinski definition) is 2. The lowest BCUT2D eigenvalue weighted by Gasteiger charge is -2.06. The second-order valence-electron chi connectivity index (χ2n) is 6.98. The molecule has 0 saturated heterocycles. The summed E-state index contributed by atoms with van der Waals surface area (Å²) in [7, 11) is -3.71. The Kier molecular flexibility index (Phi) is 5.86. The van der Waals surface area contributed by atoms with E-state index in [1.807, 2.05) is 16.0 Å². The number of primary sulfonamides is 1. The monoisotopic (exact) mass is 458 g/mol. The van der Waals surface area contributed by atoms with E-state index in [0.717, 1.165) is 27.5 Å². The van der Waals surface area contributed by atoms with E-state index in [9.17, 15) is 17.6 Å². The fraction of sp³-hybridized carbons (Fsp3) is 0.143. The Morgan fingerprint density at radius 3 is 2.52 bits per heavy atom. The Labute approximate surface area is 182 Å². The van der Waals surface area contributed by atoms with Crippen LogP contribution in [-0.2, 0) is 27.7 Å². The zero-order valence-electron chi connectivity index (χ0n) is 16.3. The first-order valence-electron chi connectivity index (χ1n) is 9.39. The van der Waals surface area contributed by atoms with Crippen LogP contribution >= 0.6 is 11.3 Å². The number of fused-ring (bicyclic) bond motifs is 1. The van der Waals surface area contributed by atoms with Gasteiger partial charge in [-0.1, -0.05) is 12.1 Å². The summed E-state index contributed by atoms with van der Waals surface area (Å²) in [6.45, 7) is 0.422. The van der Waals surface area contributed by atoms with Gasteiger partial charge in [-0.3, -0.25) is 9.20 Å². The third-order valence-corrected chi connectivity index (χ3v) is 6.57. The van der Waals surface area contributed by atoms with Crippen molar-refractivity contribution in [3.8, 4) is 11.3 Å². The molecule has 0 saturated carbocycles. The first kappa shape index (κ1) is 21.2. The molecule has 2 aromatic heterocycles. The van der Waals surface area contributed by atoms with Crippen molar-refractivity contribution in [1.29, 1.82) is 0 Å². The lowest BCUT2D eigenvalue weighted by Crippen LogP contribution is -2.27.